The quantitative estimate of drug-likeness (QED) is 0.238. The van der Waals surface area contributed by atoms with E-state index in [9.17, 15) is 23.3 Å². The predicted molar refractivity (Wildman–Crippen MR) is 123 cm³/mol. The number of anilines is 1. The number of hydrogen-bond donors (Lipinski definition) is 2. The van der Waals surface area contributed by atoms with E-state index in [1.807, 2.05) is 6.07 Å². The van der Waals surface area contributed by atoms with Crippen LogP contribution in [0.2, 0.25) is 5.02 Å². The highest BCUT2D eigenvalue weighted by molar-refractivity contribution is 7.89. The van der Waals surface area contributed by atoms with Crippen LogP contribution in [0.3, 0.4) is 0 Å². The van der Waals surface area contributed by atoms with Crippen LogP contribution in [0, 0.1) is 11.3 Å². The van der Waals surface area contributed by atoms with Crippen LogP contribution in [0.5, 0.6) is 5.75 Å². The normalized spacial score (nSPS) is 11.4. The number of amides is 1. The van der Waals surface area contributed by atoms with Gasteiger partial charge in [-0.25, -0.2) is 18.4 Å². The van der Waals surface area contributed by atoms with Gasteiger partial charge in [-0.1, -0.05) is 23.7 Å². The molecule has 8 nitrogen and oxygen atoms in total. The zero-order valence-electron chi connectivity index (χ0n) is 16.9. The number of hydrogen-bond acceptors (Lipinski definition) is 6. The third-order valence-corrected chi connectivity index (χ3v) is 5.47. The first-order chi connectivity index (χ1) is 15.7. The molecule has 3 aromatic carbocycles. The summed E-state index contributed by atoms with van der Waals surface area (Å²) < 4.78 is 27.9. The molecule has 3 N–H and O–H groups in total. The van der Waals surface area contributed by atoms with Crippen LogP contribution in [0.4, 0.5) is 5.69 Å². The van der Waals surface area contributed by atoms with Gasteiger partial charge < -0.3 is 10.1 Å². The summed E-state index contributed by atoms with van der Waals surface area (Å²) in [5.41, 5.74) is 0.968. The van der Waals surface area contributed by atoms with E-state index < -0.39 is 21.9 Å². The Morgan fingerprint density at radius 2 is 1.58 bits per heavy atom. The van der Waals surface area contributed by atoms with Crippen LogP contribution in [0.15, 0.2) is 83.3 Å². The number of ether oxygens (including phenoxy) is 1. The van der Waals surface area contributed by atoms with E-state index in [-0.39, 0.29) is 21.9 Å². The van der Waals surface area contributed by atoms with Crippen molar-refractivity contribution < 1.29 is 22.7 Å². The SMILES string of the molecule is N#C/C(=C/c1ccc(OC(=O)c2ccc(Cl)cc2)cc1)C(=O)Nc1ccc(S(N)(=O)=O)cc1. The molecule has 0 saturated carbocycles. The van der Waals surface area contributed by atoms with E-state index in [1.165, 1.54) is 42.5 Å². The van der Waals surface area contributed by atoms with E-state index in [1.54, 1.807) is 36.4 Å². The number of benzene rings is 3. The fourth-order valence-electron chi connectivity index (χ4n) is 2.63. The lowest BCUT2D eigenvalue weighted by molar-refractivity contribution is -0.112. The largest absolute Gasteiger partial charge is 0.423 e. The first kappa shape index (κ1) is 23.7. The standard InChI is InChI=1S/C23H16ClN3O5S/c24-18-5-3-16(4-6-18)23(29)32-20-9-1-15(2-10-20)13-17(14-25)22(28)27-19-7-11-21(12-8-19)33(26,30)31/h1-13H,(H,27,28)(H2,26,30,31)/b17-13-. The molecule has 0 aromatic heterocycles. The minimum atomic E-state index is -3.85. The molecule has 0 aliphatic carbocycles. The Kier molecular flexibility index (Phi) is 7.25. The summed E-state index contributed by atoms with van der Waals surface area (Å²) in [4.78, 5) is 24.5. The highest BCUT2D eigenvalue weighted by atomic mass is 35.5. The fraction of sp³-hybridized carbons (Fsp3) is 0. The van der Waals surface area contributed by atoms with Crippen LogP contribution in [0.1, 0.15) is 15.9 Å². The summed E-state index contributed by atoms with van der Waals surface area (Å²) in [6.07, 6.45) is 1.36. The molecule has 0 radical (unpaired) electrons. The maximum Gasteiger partial charge on any atom is 0.343 e. The maximum atomic E-state index is 12.4. The molecule has 166 valence electrons. The first-order valence-electron chi connectivity index (χ1n) is 9.29. The van der Waals surface area contributed by atoms with Crippen LogP contribution in [0.25, 0.3) is 6.08 Å². The van der Waals surface area contributed by atoms with Crippen molar-refractivity contribution in [3.8, 4) is 11.8 Å². The average Bonchev–Trinajstić information content (AvgIpc) is 2.78. The van der Waals surface area contributed by atoms with E-state index >= 15 is 0 Å². The number of rotatable bonds is 6. The van der Waals surface area contributed by atoms with Crippen LogP contribution in [-0.4, -0.2) is 20.3 Å². The number of halogens is 1. The molecule has 0 bridgehead atoms. The van der Waals surface area contributed by atoms with E-state index in [0.29, 0.717) is 16.1 Å². The first-order valence-corrected chi connectivity index (χ1v) is 11.2. The highest BCUT2D eigenvalue weighted by Gasteiger charge is 2.12. The van der Waals surface area contributed by atoms with Gasteiger partial charge in [0.25, 0.3) is 5.91 Å². The van der Waals surface area contributed by atoms with Gasteiger partial charge >= 0.3 is 5.97 Å². The molecule has 3 rings (SSSR count). The second kappa shape index (κ2) is 10.1. The van der Waals surface area contributed by atoms with Gasteiger partial charge in [-0.3, -0.25) is 4.79 Å². The third kappa shape index (κ3) is 6.51. The summed E-state index contributed by atoms with van der Waals surface area (Å²) in [5, 5.41) is 17.4. The van der Waals surface area contributed by atoms with Crippen LogP contribution >= 0.6 is 11.6 Å². The number of nitriles is 1. The second-order valence-electron chi connectivity index (χ2n) is 6.66. The number of nitrogens with zero attached hydrogens (tertiary/aromatic N) is 1. The van der Waals surface area contributed by atoms with Gasteiger partial charge in [-0.15, -0.1) is 0 Å². The molecular weight excluding hydrogens is 466 g/mol. The summed E-state index contributed by atoms with van der Waals surface area (Å²) in [6, 6.07) is 19.5. The molecule has 10 heteroatoms. The lowest BCUT2D eigenvalue weighted by Gasteiger charge is -2.06. The van der Waals surface area contributed by atoms with Crippen molar-refractivity contribution in [2.75, 3.05) is 5.32 Å². The van der Waals surface area contributed by atoms with Crippen molar-refractivity contribution in [3.05, 3.63) is 94.5 Å². The van der Waals surface area contributed by atoms with Gasteiger partial charge in [0.05, 0.1) is 10.5 Å². The Hall–Kier alpha value is -3.97. The molecule has 0 aliphatic rings. The Morgan fingerprint density at radius 1 is 0.970 bits per heavy atom. The number of primary sulfonamides is 1. The molecule has 3 aromatic rings. The average molecular weight is 482 g/mol. The monoisotopic (exact) mass is 481 g/mol. The molecule has 0 heterocycles. The molecule has 0 fully saturated rings. The minimum absolute atomic E-state index is 0.103. The molecule has 0 saturated heterocycles. The van der Waals surface area contributed by atoms with Gasteiger partial charge in [-0.05, 0) is 72.3 Å². The molecule has 0 aliphatic heterocycles. The van der Waals surface area contributed by atoms with Gasteiger partial charge in [0.1, 0.15) is 17.4 Å². The smallest absolute Gasteiger partial charge is 0.343 e. The molecule has 33 heavy (non-hydrogen) atoms. The topological polar surface area (TPSA) is 139 Å². The lowest BCUT2D eigenvalue weighted by atomic mass is 10.1. The van der Waals surface area contributed by atoms with Crippen molar-refractivity contribution in [3.63, 3.8) is 0 Å². The van der Waals surface area contributed by atoms with Crippen molar-refractivity contribution >= 4 is 45.3 Å². The number of nitrogens with two attached hydrogens (primary N) is 1. The van der Waals surface area contributed by atoms with Crippen molar-refractivity contribution in [2.24, 2.45) is 5.14 Å². The Labute approximate surface area is 194 Å². The summed E-state index contributed by atoms with van der Waals surface area (Å²) >= 11 is 5.80. The molecule has 1 amide bonds. The third-order valence-electron chi connectivity index (χ3n) is 4.29. The van der Waals surface area contributed by atoms with Gasteiger partial charge in [-0.2, -0.15) is 5.26 Å². The van der Waals surface area contributed by atoms with E-state index in [2.05, 4.69) is 5.32 Å². The van der Waals surface area contributed by atoms with Crippen molar-refractivity contribution in [1.82, 2.24) is 0 Å². The van der Waals surface area contributed by atoms with Crippen molar-refractivity contribution in [2.45, 2.75) is 4.90 Å². The Bertz CT molecular complexity index is 1360. The van der Waals surface area contributed by atoms with Gasteiger partial charge in [0.15, 0.2) is 0 Å². The highest BCUT2D eigenvalue weighted by Crippen LogP contribution is 2.18. The number of sulfonamides is 1. The van der Waals surface area contributed by atoms with Crippen molar-refractivity contribution in [1.29, 1.82) is 5.26 Å². The Morgan fingerprint density at radius 3 is 2.12 bits per heavy atom. The molecular formula is C23H16ClN3O5S. The summed E-state index contributed by atoms with van der Waals surface area (Å²) in [5.74, 6) is -0.954. The molecule has 0 spiro atoms. The predicted octanol–water partition coefficient (Wildman–Crippen LogP) is 3.75. The maximum absolute atomic E-state index is 12.4. The van der Waals surface area contributed by atoms with E-state index in [4.69, 9.17) is 21.5 Å². The lowest BCUT2D eigenvalue weighted by Crippen LogP contribution is -2.14. The van der Waals surface area contributed by atoms with E-state index in [0.717, 1.165) is 0 Å². The summed E-state index contributed by atoms with van der Waals surface area (Å²) in [6.45, 7) is 0. The second-order valence-corrected chi connectivity index (χ2v) is 8.66. The van der Waals surface area contributed by atoms with Crippen LogP contribution < -0.4 is 15.2 Å². The fourth-order valence-corrected chi connectivity index (χ4v) is 3.27. The number of nitrogens with one attached hydrogen (secondary N) is 1. The zero-order valence-corrected chi connectivity index (χ0v) is 18.4. The number of carbonyl (C=O) groups excluding carboxylic acids is 2. The Balaban J connectivity index is 1.68. The summed E-state index contributed by atoms with van der Waals surface area (Å²) in [7, 11) is -3.85. The minimum Gasteiger partial charge on any atom is -0.423 e. The number of esters is 1. The zero-order chi connectivity index (χ0) is 24.0. The van der Waals surface area contributed by atoms with Gasteiger partial charge in [0.2, 0.25) is 10.0 Å². The molecule has 0 atom stereocenters. The van der Waals surface area contributed by atoms with Crippen LogP contribution in [-0.2, 0) is 14.8 Å². The number of carbonyl (C=O) groups is 2. The van der Waals surface area contributed by atoms with Gasteiger partial charge in [0, 0.05) is 10.7 Å². The molecule has 0 unspecified atom stereocenters.